The molecular weight excluding hydrogens is 260 g/mol. The number of carbonyl (C=O) groups excluding carboxylic acids is 2. The highest BCUT2D eigenvalue weighted by Gasteiger charge is 2.34. The summed E-state index contributed by atoms with van der Waals surface area (Å²) in [7, 11) is 0. The first-order valence-corrected chi connectivity index (χ1v) is 5.84. The first-order valence-electron chi connectivity index (χ1n) is 5.84. The van der Waals surface area contributed by atoms with Crippen molar-refractivity contribution in [1.82, 2.24) is 4.90 Å². The van der Waals surface area contributed by atoms with Gasteiger partial charge in [-0.1, -0.05) is 12.1 Å². The molecule has 1 aromatic carbocycles. The zero-order valence-corrected chi connectivity index (χ0v) is 10.4. The summed E-state index contributed by atoms with van der Waals surface area (Å²) in [5.41, 5.74) is 0.407. The smallest absolute Gasteiger partial charge is 0.353 e. The molecule has 0 atom stereocenters. The van der Waals surface area contributed by atoms with Crippen LogP contribution in [0.4, 0.5) is 0 Å². The topological polar surface area (TPSA) is 98.5 Å². The van der Waals surface area contributed by atoms with Gasteiger partial charge >= 0.3 is 5.97 Å². The molecule has 0 radical (unpaired) electrons. The number of hydrogen-bond donors (Lipinski definition) is 1. The molecule has 0 unspecified atom stereocenters. The van der Waals surface area contributed by atoms with E-state index in [-0.39, 0.29) is 12.8 Å². The van der Waals surface area contributed by atoms with Crippen LogP contribution in [0, 0.1) is 11.3 Å². The fourth-order valence-electron chi connectivity index (χ4n) is 1.92. The molecule has 6 heteroatoms. The number of amides is 2. The Bertz CT molecular complexity index is 654. The van der Waals surface area contributed by atoms with Gasteiger partial charge in [-0.15, -0.1) is 0 Å². The highest BCUT2D eigenvalue weighted by Crippen LogP contribution is 2.20. The van der Waals surface area contributed by atoms with E-state index in [4.69, 9.17) is 5.26 Å². The van der Waals surface area contributed by atoms with Gasteiger partial charge in [0.05, 0.1) is 11.6 Å². The summed E-state index contributed by atoms with van der Waals surface area (Å²) in [5, 5.41) is 18.0. The van der Waals surface area contributed by atoms with Crippen molar-refractivity contribution in [2.45, 2.75) is 12.8 Å². The third-order valence-corrected chi connectivity index (χ3v) is 2.83. The Balaban J connectivity index is 2.45. The summed E-state index contributed by atoms with van der Waals surface area (Å²) in [6.07, 6.45) is 1.24. The first kappa shape index (κ1) is 13.5. The lowest BCUT2D eigenvalue weighted by molar-refractivity contribution is -0.143. The number of carboxylic acids is 1. The molecule has 1 fully saturated rings. The van der Waals surface area contributed by atoms with Gasteiger partial charge in [-0.2, -0.15) is 5.26 Å². The summed E-state index contributed by atoms with van der Waals surface area (Å²) < 4.78 is 0. The number of likely N-dealkylation sites (tertiary alicyclic amines) is 1. The van der Waals surface area contributed by atoms with Crippen LogP contribution in [-0.4, -0.2) is 27.8 Å². The minimum Gasteiger partial charge on any atom is -0.477 e. The molecular formula is C14H10N2O4. The molecule has 1 aromatic rings. The monoisotopic (exact) mass is 270 g/mol. The third kappa shape index (κ3) is 2.57. The molecule has 20 heavy (non-hydrogen) atoms. The average molecular weight is 270 g/mol. The summed E-state index contributed by atoms with van der Waals surface area (Å²) >= 11 is 0. The van der Waals surface area contributed by atoms with Crippen LogP contribution < -0.4 is 0 Å². The van der Waals surface area contributed by atoms with E-state index in [1.807, 2.05) is 6.07 Å². The largest absolute Gasteiger partial charge is 0.477 e. The van der Waals surface area contributed by atoms with Crippen molar-refractivity contribution in [2.75, 3.05) is 0 Å². The molecule has 0 bridgehead atoms. The number of rotatable bonds is 3. The number of hydrogen-bond acceptors (Lipinski definition) is 4. The Labute approximate surface area is 114 Å². The Morgan fingerprint density at radius 1 is 1.30 bits per heavy atom. The molecule has 2 amide bonds. The van der Waals surface area contributed by atoms with Crippen molar-refractivity contribution < 1.29 is 19.5 Å². The van der Waals surface area contributed by atoms with E-state index in [1.165, 1.54) is 12.1 Å². The minimum atomic E-state index is -1.36. The van der Waals surface area contributed by atoms with E-state index in [0.29, 0.717) is 16.0 Å². The number of benzene rings is 1. The van der Waals surface area contributed by atoms with E-state index in [0.717, 1.165) is 0 Å². The molecule has 1 aliphatic rings. The van der Waals surface area contributed by atoms with Gasteiger partial charge < -0.3 is 5.11 Å². The summed E-state index contributed by atoms with van der Waals surface area (Å²) in [6.45, 7) is 0. The highest BCUT2D eigenvalue weighted by atomic mass is 16.4. The van der Waals surface area contributed by atoms with Crippen molar-refractivity contribution in [3.05, 3.63) is 41.1 Å². The van der Waals surface area contributed by atoms with Crippen LogP contribution in [0.1, 0.15) is 24.0 Å². The lowest BCUT2D eigenvalue weighted by Crippen LogP contribution is -2.32. The summed E-state index contributed by atoms with van der Waals surface area (Å²) in [5.74, 6) is -2.42. The first-order chi connectivity index (χ1) is 9.52. The zero-order chi connectivity index (χ0) is 14.7. The molecule has 2 rings (SSSR count). The minimum absolute atomic E-state index is 0.0156. The SMILES string of the molecule is N#Cc1cccc(C=C(C(=O)O)N2C(=O)CCC2=O)c1. The molecule has 1 aliphatic heterocycles. The van der Waals surface area contributed by atoms with E-state index < -0.39 is 23.5 Å². The number of aliphatic carboxylic acids is 1. The fraction of sp³-hybridized carbons (Fsp3) is 0.143. The normalized spacial score (nSPS) is 15.3. The number of carbonyl (C=O) groups is 3. The summed E-state index contributed by atoms with van der Waals surface area (Å²) in [4.78, 5) is 35.1. The molecule has 0 aromatic heterocycles. The van der Waals surface area contributed by atoms with Gasteiger partial charge in [0.25, 0.3) is 0 Å². The van der Waals surface area contributed by atoms with E-state index in [1.54, 1.807) is 18.2 Å². The Hall–Kier alpha value is -2.94. The molecule has 0 aliphatic carbocycles. The molecule has 1 saturated heterocycles. The van der Waals surface area contributed by atoms with Crippen molar-refractivity contribution in [3.63, 3.8) is 0 Å². The van der Waals surface area contributed by atoms with E-state index in [9.17, 15) is 19.5 Å². The molecule has 6 nitrogen and oxygen atoms in total. The van der Waals surface area contributed by atoms with Crippen LogP contribution in [0.2, 0.25) is 0 Å². The van der Waals surface area contributed by atoms with Gasteiger partial charge in [-0.05, 0) is 23.8 Å². The summed E-state index contributed by atoms with van der Waals surface area (Å²) in [6, 6.07) is 8.17. The predicted octanol–water partition coefficient (Wildman–Crippen LogP) is 1.13. The van der Waals surface area contributed by atoms with Crippen molar-refractivity contribution >= 4 is 23.9 Å². The average Bonchev–Trinajstić information content (AvgIpc) is 2.76. The van der Waals surface area contributed by atoms with E-state index >= 15 is 0 Å². The quantitative estimate of drug-likeness (QED) is 0.655. The predicted molar refractivity (Wildman–Crippen MR) is 67.9 cm³/mol. The maximum absolute atomic E-state index is 11.6. The molecule has 0 saturated carbocycles. The lowest BCUT2D eigenvalue weighted by atomic mass is 10.1. The van der Waals surface area contributed by atoms with Crippen LogP contribution >= 0.6 is 0 Å². The molecule has 0 spiro atoms. The van der Waals surface area contributed by atoms with Crippen LogP contribution in [0.5, 0.6) is 0 Å². The van der Waals surface area contributed by atoms with Gasteiger partial charge in [0, 0.05) is 12.8 Å². The standard InChI is InChI=1S/C14H10N2O4/c15-8-10-3-1-2-9(6-10)7-11(14(19)20)16-12(17)4-5-13(16)18/h1-3,6-7H,4-5H2,(H,19,20). The van der Waals surface area contributed by atoms with E-state index in [2.05, 4.69) is 0 Å². The van der Waals surface area contributed by atoms with Gasteiger partial charge in [0.1, 0.15) is 5.70 Å². The molecule has 1 heterocycles. The highest BCUT2D eigenvalue weighted by molar-refractivity contribution is 6.10. The number of nitrogens with zero attached hydrogens (tertiary/aromatic N) is 2. The van der Waals surface area contributed by atoms with Gasteiger partial charge in [-0.25, -0.2) is 9.69 Å². The van der Waals surface area contributed by atoms with Crippen LogP contribution in [-0.2, 0) is 14.4 Å². The number of nitriles is 1. The van der Waals surface area contributed by atoms with Crippen LogP contribution in [0.15, 0.2) is 30.0 Å². The Morgan fingerprint density at radius 3 is 2.50 bits per heavy atom. The van der Waals surface area contributed by atoms with Crippen molar-refractivity contribution in [1.29, 1.82) is 5.26 Å². The maximum atomic E-state index is 11.6. The zero-order valence-electron chi connectivity index (χ0n) is 10.4. The molecule has 1 N–H and O–H groups in total. The van der Waals surface area contributed by atoms with Crippen molar-refractivity contribution in [3.8, 4) is 6.07 Å². The van der Waals surface area contributed by atoms with Gasteiger partial charge in [-0.3, -0.25) is 9.59 Å². The second-order valence-corrected chi connectivity index (χ2v) is 4.19. The Kier molecular flexibility index (Phi) is 3.62. The van der Waals surface area contributed by atoms with Crippen molar-refractivity contribution in [2.24, 2.45) is 0 Å². The second kappa shape index (κ2) is 5.36. The fourth-order valence-corrected chi connectivity index (χ4v) is 1.92. The third-order valence-electron chi connectivity index (χ3n) is 2.83. The number of imide groups is 1. The van der Waals surface area contributed by atoms with Crippen LogP contribution in [0.25, 0.3) is 6.08 Å². The van der Waals surface area contributed by atoms with Crippen LogP contribution in [0.3, 0.4) is 0 Å². The lowest BCUT2D eigenvalue weighted by Gasteiger charge is -2.14. The number of carboxylic acid groups (broad SMARTS) is 1. The van der Waals surface area contributed by atoms with Gasteiger partial charge in [0.15, 0.2) is 0 Å². The van der Waals surface area contributed by atoms with Gasteiger partial charge in [0.2, 0.25) is 11.8 Å². The molecule has 100 valence electrons. The maximum Gasteiger partial charge on any atom is 0.353 e. The second-order valence-electron chi connectivity index (χ2n) is 4.19. The Morgan fingerprint density at radius 2 is 1.95 bits per heavy atom.